The number of halogens is 1. The number of anilines is 1. The van der Waals surface area contributed by atoms with Gasteiger partial charge in [-0.25, -0.2) is 0 Å². The van der Waals surface area contributed by atoms with E-state index in [4.69, 9.17) is 5.26 Å². The molecule has 0 spiro atoms. The number of nitrogens with one attached hydrogen (secondary N) is 2. The van der Waals surface area contributed by atoms with Crippen LogP contribution in [0.15, 0.2) is 22.7 Å². The molecule has 3 atom stereocenters. The minimum Gasteiger partial charge on any atom is -0.324 e. The van der Waals surface area contributed by atoms with Crippen LogP contribution in [0.3, 0.4) is 0 Å². The molecule has 1 aromatic rings. The van der Waals surface area contributed by atoms with Gasteiger partial charge in [-0.2, -0.15) is 5.26 Å². The van der Waals surface area contributed by atoms with Crippen molar-refractivity contribution in [2.75, 3.05) is 5.32 Å². The van der Waals surface area contributed by atoms with Crippen LogP contribution >= 0.6 is 15.9 Å². The molecule has 1 aliphatic heterocycles. The lowest BCUT2D eigenvalue weighted by atomic mass is 9.85. The van der Waals surface area contributed by atoms with E-state index in [1.54, 1.807) is 18.2 Å². The van der Waals surface area contributed by atoms with Gasteiger partial charge in [-0.05, 0) is 59.3 Å². The zero-order valence-corrected chi connectivity index (χ0v) is 13.3. The van der Waals surface area contributed by atoms with E-state index in [2.05, 4.69) is 32.6 Å². The van der Waals surface area contributed by atoms with Crippen molar-refractivity contribution in [1.82, 2.24) is 5.32 Å². The average molecular weight is 348 g/mol. The molecule has 0 bridgehead atoms. The van der Waals surface area contributed by atoms with E-state index in [9.17, 15) is 4.79 Å². The van der Waals surface area contributed by atoms with E-state index in [0.717, 1.165) is 16.6 Å². The Morgan fingerprint density at radius 3 is 2.90 bits per heavy atom. The Morgan fingerprint density at radius 1 is 1.38 bits per heavy atom. The van der Waals surface area contributed by atoms with Crippen molar-refractivity contribution in [2.24, 2.45) is 5.92 Å². The fourth-order valence-electron chi connectivity index (χ4n) is 3.43. The van der Waals surface area contributed by atoms with E-state index < -0.39 is 0 Å². The van der Waals surface area contributed by atoms with Crippen LogP contribution in [0.4, 0.5) is 5.69 Å². The summed E-state index contributed by atoms with van der Waals surface area (Å²) in [5.41, 5.74) is 1.29. The Balaban J connectivity index is 1.66. The molecule has 21 heavy (non-hydrogen) atoms. The summed E-state index contributed by atoms with van der Waals surface area (Å²) in [6, 6.07) is 7.70. The fraction of sp³-hybridized carbons (Fsp3) is 0.500. The topological polar surface area (TPSA) is 64.9 Å². The van der Waals surface area contributed by atoms with Crippen LogP contribution in [-0.2, 0) is 4.79 Å². The van der Waals surface area contributed by atoms with Crippen LogP contribution in [0.5, 0.6) is 0 Å². The van der Waals surface area contributed by atoms with E-state index in [1.165, 1.54) is 25.7 Å². The number of nitrogens with zero attached hydrogens (tertiary/aromatic N) is 1. The first kappa shape index (κ1) is 14.6. The van der Waals surface area contributed by atoms with Gasteiger partial charge in [0.05, 0.1) is 23.4 Å². The number of carbonyl (C=O) groups is 1. The molecule has 2 aliphatic rings. The van der Waals surface area contributed by atoms with Crippen molar-refractivity contribution < 1.29 is 4.79 Å². The maximum atomic E-state index is 12.4. The zero-order valence-electron chi connectivity index (χ0n) is 11.7. The van der Waals surface area contributed by atoms with Gasteiger partial charge in [-0.1, -0.05) is 12.8 Å². The molecule has 1 amide bonds. The third-order valence-corrected chi connectivity index (χ3v) is 5.19. The quantitative estimate of drug-likeness (QED) is 0.863. The molecule has 110 valence electrons. The summed E-state index contributed by atoms with van der Waals surface area (Å²) in [6.45, 7) is 0. The van der Waals surface area contributed by atoms with Crippen molar-refractivity contribution in [3.63, 3.8) is 0 Å². The first-order valence-electron chi connectivity index (χ1n) is 7.44. The van der Waals surface area contributed by atoms with Gasteiger partial charge < -0.3 is 10.6 Å². The molecule has 1 aromatic carbocycles. The van der Waals surface area contributed by atoms with Crippen molar-refractivity contribution in [1.29, 1.82) is 5.26 Å². The Bertz CT molecular complexity index is 582. The van der Waals surface area contributed by atoms with Crippen molar-refractivity contribution >= 4 is 27.5 Å². The van der Waals surface area contributed by atoms with Crippen LogP contribution in [0.1, 0.15) is 37.7 Å². The summed E-state index contributed by atoms with van der Waals surface area (Å²) in [5.74, 6) is 0.675. The number of rotatable bonds is 2. The van der Waals surface area contributed by atoms with Crippen molar-refractivity contribution in [2.45, 2.75) is 44.2 Å². The standard InChI is InChI=1S/C16H18BrN3O/c17-12-7-10(9-18)5-6-14(12)20-16(21)15-8-11-3-1-2-4-13(11)19-15/h5-7,11,13,15,19H,1-4,8H2,(H,20,21). The molecule has 1 saturated carbocycles. The van der Waals surface area contributed by atoms with Gasteiger partial charge >= 0.3 is 0 Å². The lowest BCUT2D eigenvalue weighted by Gasteiger charge is -2.24. The molecule has 1 heterocycles. The Morgan fingerprint density at radius 2 is 2.19 bits per heavy atom. The second kappa shape index (κ2) is 6.17. The van der Waals surface area contributed by atoms with Gasteiger partial charge in [-0.3, -0.25) is 4.79 Å². The molecule has 2 fully saturated rings. The lowest BCUT2D eigenvalue weighted by molar-refractivity contribution is -0.117. The number of amides is 1. The highest BCUT2D eigenvalue weighted by molar-refractivity contribution is 9.10. The maximum absolute atomic E-state index is 12.4. The summed E-state index contributed by atoms with van der Waals surface area (Å²) in [7, 11) is 0. The molecule has 3 rings (SSSR count). The minimum absolute atomic E-state index is 0.0230. The molecule has 0 aromatic heterocycles. The summed E-state index contributed by atoms with van der Waals surface area (Å²) in [6.07, 6.45) is 5.92. The van der Waals surface area contributed by atoms with E-state index in [0.29, 0.717) is 17.5 Å². The normalized spacial score (nSPS) is 27.7. The summed E-state index contributed by atoms with van der Waals surface area (Å²) in [4.78, 5) is 12.4. The van der Waals surface area contributed by atoms with Gasteiger partial charge in [-0.15, -0.1) is 0 Å². The second-order valence-electron chi connectivity index (χ2n) is 5.90. The molecule has 2 N–H and O–H groups in total. The monoisotopic (exact) mass is 347 g/mol. The predicted octanol–water partition coefficient (Wildman–Crippen LogP) is 3.18. The van der Waals surface area contributed by atoms with E-state index >= 15 is 0 Å². The summed E-state index contributed by atoms with van der Waals surface area (Å²) >= 11 is 3.40. The fourth-order valence-corrected chi connectivity index (χ4v) is 3.90. The number of fused-ring (bicyclic) bond motifs is 1. The zero-order chi connectivity index (χ0) is 14.8. The van der Waals surface area contributed by atoms with E-state index in [-0.39, 0.29) is 11.9 Å². The van der Waals surface area contributed by atoms with Gasteiger partial charge in [0.25, 0.3) is 0 Å². The molecule has 0 radical (unpaired) electrons. The molecule has 4 nitrogen and oxygen atoms in total. The molecule has 1 aliphatic carbocycles. The van der Waals surface area contributed by atoms with Gasteiger partial charge in [0.2, 0.25) is 5.91 Å². The van der Waals surface area contributed by atoms with Crippen molar-refractivity contribution in [3.05, 3.63) is 28.2 Å². The highest BCUT2D eigenvalue weighted by Gasteiger charge is 2.38. The number of hydrogen-bond donors (Lipinski definition) is 2. The number of benzene rings is 1. The SMILES string of the molecule is N#Cc1ccc(NC(=O)C2CC3CCCCC3N2)c(Br)c1. The molecule has 3 unspecified atom stereocenters. The summed E-state index contributed by atoms with van der Waals surface area (Å²) in [5, 5.41) is 15.3. The third kappa shape index (κ3) is 3.12. The van der Waals surface area contributed by atoms with Crippen LogP contribution < -0.4 is 10.6 Å². The molecular weight excluding hydrogens is 330 g/mol. The van der Waals surface area contributed by atoms with Gasteiger partial charge in [0.15, 0.2) is 0 Å². The average Bonchev–Trinajstić information content (AvgIpc) is 2.93. The minimum atomic E-state index is -0.0966. The number of nitriles is 1. The Kier molecular flexibility index (Phi) is 4.27. The third-order valence-electron chi connectivity index (χ3n) is 4.54. The lowest BCUT2D eigenvalue weighted by Crippen LogP contribution is -2.39. The highest BCUT2D eigenvalue weighted by Crippen LogP contribution is 2.33. The smallest absolute Gasteiger partial charge is 0.241 e. The van der Waals surface area contributed by atoms with Gasteiger partial charge in [0, 0.05) is 10.5 Å². The molecular formula is C16H18BrN3O. The van der Waals surface area contributed by atoms with E-state index in [1.807, 2.05) is 0 Å². The van der Waals surface area contributed by atoms with Crippen LogP contribution in [-0.4, -0.2) is 18.0 Å². The first-order chi connectivity index (χ1) is 10.2. The molecule has 1 saturated heterocycles. The Labute approximate surface area is 133 Å². The highest BCUT2D eigenvalue weighted by atomic mass is 79.9. The first-order valence-corrected chi connectivity index (χ1v) is 8.23. The van der Waals surface area contributed by atoms with Gasteiger partial charge in [0.1, 0.15) is 0 Å². The number of hydrogen-bond acceptors (Lipinski definition) is 3. The van der Waals surface area contributed by atoms with Crippen LogP contribution in [0.2, 0.25) is 0 Å². The Hall–Kier alpha value is -1.38. The van der Waals surface area contributed by atoms with Crippen LogP contribution in [0, 0.1) is 17.2 Å². The largest absolute Gasteiger partial charge is 0.324 e. The molecule has 5 heteroatoms. The van der Waals surface area contributed by atoms with Crippen LogP contribution in [0.25, 0.3) is 0 Å². The van der Waals surface area contributed by atoms with Crippen molar-refractivity contribution in [3.8, 4) is 6.07 Å². The summed E-state index contributed by atoms with van der Waals surface area (Å²) < 4.78 is 0.741. The maximum Gasteiger partial charge on any atom is 0.241 e. The number of carbonyl (C=O) groups excluding carboxylic acids is 1. The second-order valence-corrected chi connectivity index (χ2v) is 6.76. The predicted molar refractivity (Wildman–Crippen MR) is 84.8 cm³/mol.